The maximum Gasteiger partial charge on any atom is 0.233 e. The molecule has 0 atom stereocenters. The van der Waals surface area contributed by atoms with Crippen molar-refractivity contribution in [3.05, 3.63) is 29.8 Å². The predicted molar refractivity (Wildman–Crippen MR) is 155 cm³/mol. The Hall–Kier alpha value is -3.02. The van der Waals surface area contributed by atoms with Crippen LogP contribution in [0.3, 0.4) is 0 Å². The molecule has 2 aromatic rings. The van der Waals surface area contributed by atoms with E-state index in [1.165, 1.54) is 19.3 Å². The quantitative estimate of drug-likeness (QED) is 0.177. The van der Waals surface area contributed by atoms with E-state index < -0.39 is 0 Å². The van der Waals surface area contributed by atoms with Crippen molar-refractivity contribution in [2.45, 2.75) is 77.3 Å². The Bertz CT molecular complexity index is 966. The average Bonchev–Trinajstić information content (AvgIpc) is 2.94. The Labute approximate surface area is 232 Å². The first-order valence-corrected chi connectivity index (χ1v) is 14.4. The summed E-state index contributed by atoms with van der Waals surface area (Å²) in [4.78, 5) is 26.2. The van der Waals surface area contributed by atoms with E-state index >= 15 is 0 Å². The van der Waals surface area contributed by atoms with Crippen molar-refractivity contribution in [2.24, 2.45) is 5.73 Å². The molecule has 1 aliphatic rings. The number of hydrogen-bond acceptors (Lipinski definition) is 10. The van der Waals surface area contributed by atoms with Gasteiger partial charge in [-0.15, -0.1) is 0 Å². The van der Waals surface area contributed by atoms with E-state index in [-0.39, 0.29) is 5.91 Å². The molecule has 0 spiro atoms. The molecule has 6 N–H and O–H groups in total. The first kappa shape index (κ1) is 30.5. The number of nitrogens with two attached hydrogens (primary N) is 1. The highest BCUT2D eigenvalue weighted by Crippen LogP contribution is 2.22. The third-order valence-electron chi connectivity index (χ3n) is 6.67. The SMILES string of the molecule is CCC(CC)Nc1nc(Nc2ccc(CC(=O)NCCOCCOCCN)cc2)nc(NC2CCCCC2)n1. The zero-order valence-electron chi connectivity index (χ0n) is 23.5. The van der Waals surface area contributed by atoms with Crippen molar-refractivity contribution in [3.8, 4) is 0 Å². The fourth-order valence-corrected chi connectivity index (χ4v) is 4.42. The lowest BCUT2D eigenvalue weighted by molar-refractivity contribution is -0.120. The number of benzene rings is 1. The molecule has 0 aliphatic heterocycles. The number of nitrogens with zero attached hydrogens (tertiary/aromatic N) is 3. The number of hydrogen-bond donors (Lipinski definition) is 5. The van der Waals surface area contributed by atoms with Gasteiger partial charge in [-0.2, -0.15) is 15.0 Å². The van der Waals surface area contributed by atoms with Crippen molar-refractivity contribution in [1.82, 2.24) is 20.3 Å². The lowest BCUT2D eigenvalue weighted by Gasteiger charge is -2.23. The van der Waals surface area contributed by atoms with Gasteiger partial charge in [-0.1, -0.05) is 45.2 Å². The highest BCUT2D eigenvalue weighted by molar-refractivity contribution is 5.78. The summed E-state index contributed by atoms with van der Waals surface area (Å²) in [5.41, 5.74) is 7.12. The second kappa shape index (κ2) is 17.5. The lowest BCUT2D eigenvalue weighted by atomic mass is 9.96. The number of ether oxygens (including phenoxy) is 2. The zero-order chi connectivity index (χ0) is 27.7. The van der Waals surface area contributed by atoms with E-state index in [4.69, 9.17) is 15.2 Å². The standard InChI is InChI=1S/C28H46N8O3/c1-3-22(4-2)31-26-34-27(32-23-8-6-5-7-9-23)36-28(35-26)33-24-12-10-21(11-13-24)20-25(37)30-15-17-39-19-18-38-16-14-29/h10-13,22-23H,3-9,14-20,29H2,1-2H3,(H,30,37)(H3,31,32,33,34,35,36). The van der Waals surface area contributed by atoms with Crippen LogP contribution in [0.5, 0.6) is 0 Å². The summed E-state index contributed by atoms with van der Waals surface area (Å²) in [6, 6.07) is 8.41. The fourth-order valence-electron chi connectivity index (χ4n) is 4.42. The van der Waals surface area contributed by atoms with Gasteiger partial charge < -0.3 is 36.5 Å². The molecule has 1 amide bonds. The third-order valence-corrected chi connectivity index (χ3v) is 6.67. The molecular weight excluding hydrogens is 496 g/mol. The van der Waals surface area contributed by atoms with Gasteiger partial charge in [0, 0.05) is 30.9 Å². The molecule has 39 heavy (non-hydrogen) atoms. The van der Waals surface area contributed by atoms with E-state index in [2.05, 4.69) is 50.1 Å². The van der Waals surface area contributed by atoms with Gasteiger partial charge in [-0.05, 0) is 43.4 Å². The second-order valence-corrected chi connectivity index (χ2v) is 9.81. The number of amides is 1. The summed E-state index contributed by atoms with van der Waals surface area (Å²) in [6.45, 7) is 7.22. The fraction of sp³-hybridized carbons (Fsp3) is 0.643. The van der Waals surface area contributed by atoms with Gasteiger partial charge in [0.15, 0.2) is 0 Å². The molecule has 0 unspecified atom stereocenters. The van der Waals surface area contributed by atoms with Crippen LogP contribution in [0, 0.1) is 0 Å². The molecule has 0 bridgehead atoms. The summed E-state index contributed by atoms with van der Waals surface area (Å²) in [5, 5.41) is 13.1. The van der Waals surface area contributed by atoms with Crippen LogP contribution in [0.1, 0.15) is 64.4 Å². The normalized spacial score (nSPS) is 13.8. The van der Waals surface area contributed by atoms with Crippen LogP contribution < -0.4 is 27.0 Å². The van der Waals surface area contributed by atoms with Crippen molar-refractivity contribution in [1.29, 1.82) is 0 Å². The van der Waals surface area contributed by atoms with Gasteiger partial charge in [0.1, 0.15) is 0 Å². The van der Waals surface area contributed by atoms with E-state index in [1.54, 1.807) is 0 Å². The summed E-state index contributed by atoms with van der Waals surface area (Å²) in [5.74, 6) is 1.59. The molecule has 3 rings (SSSR count). The highest BCUT2D eigenvalue weighted by Gasteiger charge is 2.16. The highest BCUT2D eigenvalue weighted by atomic mass is 16.5. The van der Waals surface area contributed by atoms with Crippen LogP contribution in [-0.2, 0) is 20.7 Å². The summed E-state index contributed by atoms with van der Waals surface area (Å²) in [6.07, 6.45) is 8.30. The van der Waals surface area contributed by atoms with Crippen LogP contribution in [0.25, 0.3) is 0 Å². The Kier molecular flexibility index (Phi) is 13.7. The minimum atomic E-state index is -0.0493. The van der Waals surface area contributed by atoms with Crippen molar-refractivity contribution < 1.29 is 14.3 Å². The Morgan fingerprint density at radius 2 is 1.59 bits per heavy atom. The molecule has 216 valence electrons. The maximum atomic E-state index is 12.3. The van der Waals surface area contributed by atoms with Gasteiger partial charge >= 0.3 is 0 Å². The summed E-state index contributed by atoms with van der Waals surface area (Å²) < 4.78 is 10.7. The number of carbonyl (C=O) groups excluding carboxylic acids is 1. The largest absolute Gasteiger partial charge is 0.378 e. The van der Waals surface area contributed by atoms with Gasteiger partial charge in [0.2, 0.25) is 23.8 Å². The van der Waals surface area contributed by atoms with Crippen LogP contribution in [0.2, 0.25) is 0 Å². The smallest absolute Gasteiger partial charge is 0.233 e. The van der Waals surface area contributed by atoms with Gasteiger partial charge in [-0.25, -0.2) is 0 Å². The molecule has 11 heteroatoms. The number of anilines is 4. The summed E-state index contributed by atoms with van der Waals surface area (Å²) >= 11 is 0. The number of aromatic nitrogens is 3. The van der Waals surface area contributed by atoms with Crippen LogP contribution in [0.4, 0.5) is 23.5 Å². The van der Waals surface area contributed by atoms with E-state index in [9.17, 15) is 4.79 Å². The number of rotatable bonds is 18. The molecule has 1 aliphatic carbocycles. The van der Waals surface area contributed by atoms with Crippen molar-refractivity contribution in [2.75, 3.05) is 55.5 Å². The van der Waals surface area contributed by atoms with E-state index in [0.717, 1.165) is 36.9 Å². The molecule has 11 nitrogen and oxygen atoms in total. The van der Waals surface area contributed by atoms with Crippen molar-refractivity contribution >= 4 is 29.4 Å². The zero-order valence-corrected chi connectivity index (χ0v) is 23.5. The molecule has 1 saturated carbocycles. The van der Waals surface area contributed by atoms with Gasteiger partial charge in [0.25, 0.3) is 0 Å². The molecule has 0 saturated heterocycles. The van der Waals surface area contributed by atoms with Crippen LogP contribution in [-0.4, -0.2) is 72.5 Å². The molecule has 1 fully saturated rings. The van der Waals surface area contributed by atoms with Crippen molar-refractivity contribution in [3.63, 3.8) is 0 Å². The third kappa shape index (κ3) is 11.7. The van der Waals surface area contributed by atoms with Gasteiger partial charge in [-0.3, -0.25) is 4.79 Å². The van der Waals surface area contributed by atoms with E-state index in [1.807, 2.05) is 24.3 Å². The number of nitrogens with one attached hydrogen (secondary N) is 4. The van der Waals surface area contributed by atoms with Crippen LogP contribution in [0.15, 0.2) is 24.3 Å². The average molecular weight is 543 g/mol. The second-order valence-electron chi connectivity index (χ2n) is 9.81. The van der Waals surface area contributed by atoms with Gasteiger partial charge in [0.05, 0.1) is 32.8 Å². The topological polar surface area (TPSA) is 148 Å². The minimum Gasteiger partial charge on any atom is -0.378 e. The van der Waals surface area contributed by atoms with E-state index in [0.29, 0.717) is 75.9 Å². The molecule has 1 aromatic heterocycles. The minimum absolute atomic E-state index is 0.0493. The Balaban J connectivity index is 1.52. The molecular formula is C28H46N8O3. The first-order valence-electron chi connectivity index (χ1n) is 14.4. The molecule has 1 heterocycles. The lowest BCUT2D eigenvalue weighted by Crippen LogP contribution is -2.29. The Morgan fingerprint density at radius 1 is 0.923 bits per heavy atom. The Morgan fingerprint density at radius 3 is 2.28 bits per heavy atom. The molecule has 1 aromatic carbocycles. The monoisotopic (exact) mass is 542 g/mol. The maximum absolute atomic E-state index is 12.3. The molecule has 0 radical (unpaired) electrons. The van der Waals surface area contributed by atoms with Crippen LogP contribution >= 0.6 is 0 Å². The summed E-state index contributed by atoms with van der Waals surface area (Å²) in [7, 11) is 0. The first-order chi connectivity index (χ1) is 19.1. The predicted octanol–water partition coefficient (Wildman–Crippen LogP) is 3.61. The number of carbonyl (C=O) groups is 1.